The highest BCUT2D eigenvalue weighted by molar-refractivity contribution is 7.87. The number of carbonyl (C=O) groups is 1. The lowest BCUT2D eigenvalue weighted by molar-refractivity contribution is -0.145. The average molecular weight is 225 g/mol. The number of nitrogens with zero attached hydrogens (tertiary/aromatic N) is 1. The van der Waals surface area contributed by atoms with E-state index >= 15 is 0 Å². The lowest BCUT2D eigenvalue weighted by atomic mass is 10.2. The number of hydrogen-bond acceptors (Lipinski definition) is 5. The zero-order valence-electron chi connectivity index (χ0n) is 7.94. The van der Waals surface area contributed by atoms with E-state index < -0.39 is 27.5 Å². The van der Waals surface area contributed by atoms with Gasteiger partial charge in [0.2, 0.25) is 0 Å². The van der Waals surface area contributed by atoms with Crippen LogP contribution in [-0.4, -0.2) is 51.3 Å². The minimum Gasteiger partial charge on any atom is -0.468 e. The average Bonchev–Trinajstić information content (AvgIpc) is 2.45. The molecule has 0 aromatic heterocycles. The Morgan fingerprint density at radius 2 is 2.14 bits per heavy atom. The van der Waals surface area contributed by atoms with Crippen LogP contribution in [-0.2, 0) is 19.8 Å². The molecule has 0 saturated carbocycles. The molecule has 0 radical (unpaired) electrons. The molecular weight excluding hydrogens is 213 g/mol. The fourth-order valence-corrected chi connectivity index (χ4v) is 2.39. The summed E-state index contributed by atoms with van der Waals surface area (Å²) in [6.07, 6.45) is -0.0397. The zero-order valence-corrected chi connectivity index (χ0v) is 8.75. The number of hydrogen-bond donors (Lipinski definition) is 0. The van der Waals surface area contributed by atoms with E-state index in [-0.39, 0.29) is 13.0 Å². The van der Waals surface area contributed by atoms with Gasteiger partial charge in [-0.3, -0.25) is 9.69 Å². The van der Waals surface area contributed by atoms with Gasteiger partial charge in [0.05, 0.1) is 7.11 Å². The monoisotopic (exact) mass is 225 g/mol. The van der Waals surface area contributed by atoms with Crippen molar-refractivity contribution in [1.29, 1.82) is 0 Å². The minimum atomic E-state index is -4.56. The molecule has 0 amide bonds. The van der Waals surface area contributed by atoms with Gasteiger partial charge in [-0.25, -0.2) is 0 Å². The van der Waals surface area contributed by atoms with Crippen molar-refractivity contribution in [3.63, 3.8) is 0 Å². The van der Waals surface area contributed by atoms with Crippen LogP contribution < -0.4 is 0 Å². The van der Waals surface area contributed by atoms with E-state index in [0.717, 1.165) is 0 Å². The molecule has 1 aliphatic rings. The third-order valence-corrected chi connectivity index (χ3v) is 3.52. The SMILES string of the molecule is COC(=O)[C@@H]1C[C@@H](S(=O)(=O)F)CN1C. The summed E-state index contributed by atoms with van der Waals surface area (Å²) in [5.74, 6) is -0.529. The molecule has 0 aliphatic carbocycles. The van der Waals surface area contributed by atoms with Gasteiger partial charge in [0.15, 0.2) is 0 Å². The summed E-state index contributed by atoms with van der Waals surface area (Å²) in [5.41, 5.74) is 0. The molecule has 0 aromatic carbocycles. The normalized spacial score (nSPS) is 29.1. The molecule has 7 heteroatoms. The summed E-state index contributed by atoms with van der Waals surface area (Å²) in [6, 6.07) is -0.657. The van der Waals surface area contributed by atoms with Crippen LogP contribution in [0.1, 0.15) is 6.42 Å². The molecule has 0 bridgehead atoms. The highest BCUT2D eigenvalue weighted by Crippen LogP contribution is 2.23. The van der Waals surface area contributed by atoms with E-state index in [1.54, 1.807) is 7.05 Å². The Morgan fingerprint density at radius 1 is 1.57 bits per heavy atom. The van der Waals surface area contributed by atoms with Crippen molar-refractivity contribution in [2.75, 3.05) is 20.7 Å². The Hall–Kier alpha value is -0.690. The summed E-state index contributed by atoms with van der Waals surface area (Å²) < 4.78 is 38.2. The number of likely N-dealkylation sites (N-methyl/N-ethyl adjacent to an activating group) is 1. The first-order valence-electron chi connectivity index (χ1n) is 4.07. The lowest BCUT2D eigenvalue weighted by Crippen LogP contribution is -2.33. The molecule has 0 aromatic rings. The van der Waals surface area contributed by atoms with Gasteiger partial charge in [0.25, 0.3) is 0 Å². The van der Waals surface area contributed by atoms with Crippen LogP contribution in [0.3, 0.4) is 0 Å². The number of rotatable bonds is 2. The molecule has 1 rings (SSSR count). The molecule has 82 valence electrons. The van der Waals surface area contributed by atoms with Gasteiger partial charge < -0.3 is 4.74 Å². The number of ether oxygens (including phenoxy) is 1. The lowest BCUT2D eigenvalue weighted by Gasteiger charge is -2.15. The van der Waals surface area contributed by atoms with Gasteiger partial charge in [0, 0.05) is 6.54 Å². The van der Waals surface area contributed by atoms with Crippen molar-refractivity contribution in [1.82, 2.24) is 4.90 Å². The molecule has 5 nitrogen and oxygen atoms in total. The quantitative estimate of drug-likeness (QED) is 0.469. The fourth-order valence-electron chi connectivity index (χ4n) is 1.57. The van der Waals surface area contributed by atoms with Gasteiger partial charge in [0.1, 0.15) is 11.3 Å². The van der Waals surface area contributed by atoms with Crippen molar-refractivity contribution in [2.45, 2.75) is 17.7 Å². The Morgan fingerprint density at radius 3 is 2.50 bits per heavy atom. The number of methoxy groups -OCH3 is 1. The van der Waals surface area contributed by atoms with Crippen LogP contribution in [0.2, 0.25) is 0 Å². The first-order valence-corrected chi connectivity index (χ1v) is 5.52. The van der Waals surface area contributed by atoms with E-state index in [0.29, 0.717) is 0 Å². The van der Waals surface area contributed by atoms with Crippen molar-refractivity contribution < 1.29 is 21.8 Å². The predicted octanol–water partition coefficient (Wildman–Crippen LogP) is -0.469. The number of carbonyl (C=O) groups excluding carboxylic acids is 1. The molecule has 0 N–H and O–H groups in total. The molecule has 0 unspecified atom stereocenters. The Kier molecular flexibility index (Phi) is 3.10. The Labute approximate surface area is 82.0 Å². The second-order valence-electron chi connectivity index (χ2n) is 3.31. The second-order valence-corrected chi connectivity index (χ2v) is 4.93. The van der Waals surface area contributed by atoms with Gasteiger partial charge in [-0.05, 0) is 13.5 Å². The third-order valence-electron chi connectivity index (χ3n) is 2.38. The van der Waals surface area contributed by atoms with Crippen LogP contribution in [0.5, 0.6) is 0 Å². The summed E-state index contributed by atoms with van der Waals surface area (Å²) in [5, 5.41) is -1.11. The van der Waals surface area contributed by atoms with Crippen molar-refractivity contribution in [3.05, 3.63) is 0 Å². The van der Waals surface area contributed by atoms with Gasteiger partial charge in [-0.1, -0.05) is 0 Å². The smallest absolute Gasteiger partial charge is 0.323 e. The second kappa shape index (κ2) is 3.82. The molecule has 1 aliphatic heterocycles. The fraction of sp³-hybridized carbons (Fsp3) is 0.857. The first-order chi connectivity index (χ1) is 6.36. The number of esters is 1. The number of likely N-dealkylation sites (tertiary alicyclic amines) is 1. The predicted molar refractivity (Wildman–Crippen MR) is 46.9 cm³/mol. The van der Waals surface area contributed by atoms with Crippen LogP contribution >= 0.6 is 0 Å². The van der Waals surface area contributed by atoms with E-state index in [9.17, 15) is 17.1 Å². The first kappa shape index (κ1) is 11.4. The third kappa shape index (κ3) is 2.21. The maximum absolute atomic E-state index is 12.6. The molecule has 14 heavy (non-hydrogen) atoms. The van der Waals surface area contributed by atoms with Crippen LogP contribution in [0, 0.1) is 0 Å². The van der Waals surface area contributed by atoms with Crippen molar-refractivity contribution in [3.8, 4) is 0 Å². The molecule has 1 saturated heterocycles. The largest absolute Gasteiger partial charge is 0.468 e. The van der Waals surface area contributed by atoms with Crippen LogP contribution in [0.25, 0.3) is 0 Å². The van der Waals surface area contributed by atoms with E-state index in [4.69, 9.17) is 0 Å². The summed E-state index contributed by atoms with van der Waals surface area (Å²) in [7, 11) is -1.78. The Bertz CT molecular complexity index is 329. The summed E-state index contributed by atoms with van der Waals surface area (Å²) >= 11 is 0. The van der Waals surface area contributed by atoms with E-state index in [2.05, 4.69) is 4.74 Å². The maximum atomic E-state index is 12.6. The van der Waals surface area contributed by atoms with Crippen molar-refractivity contribution >= 4 is 16.2 Å². The molecule has 0 spiro atoms. The minimum absolute atomic E-state index is 0.0264. The standard InChI is InChI=1S/C7H12FNO4S/c1-9-4-5(14(8,11)12)3-6(9)7(10)13-2/h5-6H,3-4H2,1-2H3/t5-,6+/m1/s1. The zero-order chi connectivity index (χ0) is 10.9. The number of halogens is 1. The molecule has 1 heterocycles. The van der Waals surface area contributed by atoms with Gasteiger partial charge in [-0.2, -0.15) is 8.42 Å². The van der Waals surface area contributed by atoms with Crippen molar-refractivity contribution in [2.24, 2.45) is 0 Å². The molecule has 2 atom stereocenters. The van der Waals surface area contributed by atoms with Crippen LogP contribution in [0.4, 0.5) is 3.89 Å². The van der Waals surface area contributed by atoms with E-state index in [1.807, 2.05) is 0 Å². The maximum Gasteiger partial charge on any atom is 0.323 e. The van der Waals surface area contributed by atoms with Gasteiger partial charge >= 0.3 is 16.2 Å². The summed E-state index contributed by atoms with van der Waals surface area (Å²) in [4.78, 5) is 12.6. The molecule has 1 fully saturated rings. The Balaban J connectivity index is 2.75. The highest BCUT2D eigenvalue weighted by atomic mass is 32.3. The topological polar surface area (TPSA) is 63.7 Å². The molecular formula is C7H12FNO4S. The summed E-state index contributed by atoms with van der Waals surface area (Å²) in [6.45, 7) is 0.0264. The highest BCUT2D eigenvalue weighted by Gasteiger charge is 2.41. The van der Waals surface area contributed by atoms with E-state index in [1.165, 1.54) is 12.0 Å². The van der Waals surface area contributed by atoms with Gasteiger partial charge in [-0.15, -0.1) is 3.89 Å². The van der Waals surface area contributed by atoms with Crippen LogP contribution in [0.15, 0.2) is 0 Å².